The van der Waals surface area contributed by atoms with E-state index in [0.29, 0.717) is 6.04 Å². The fraction of sp³-hybridized carbons (Fsp3) is 0.643. The smallest absolute Gasteiger partial charge is 0.261 e. The predicted molar refractivity (Wildman–Crippen MR) is 83.8 cm³/mol. The minimum absolute atomic E-state index is 0.0601. The number of nitrogens with zero attached hydrogens (tertiary/aromatic N) is 1. The molecule has 1 aromatic heterocycles. The van der Waals surface area contributed by atoms with Crippen molar-refractivity contribution in [3.8, 4) is 0 Å². The molecule has 106 valence electrons. The quantitative estimate of drug-likeness (QED) is 0.890. The predicted octanol–water partition coefficient (Wildman–Crippen LogP) is 3.50. The van der Waals surface area contributed by atoms with E-state index in [4.69, 9.17) is 0 Å². The Morgan fingerprint density at radius 3 is 2.47 bits per heavy atom. The largest absolute Gasteiger partial charge is 0.349 e. The molecule has 0 bridgehead atoms. The number of nitrogens with one attached hydrogen (secondary N) is 1. The molecule has 3 nitrogen and oxygen atoms in total. The second kappa shape index (κ2) is 5.94. The Morgan fingerprint density at radius 1 is 1.37 bits per heavy atom. The zero-order valence-electron chi connectivity index (χ0n) is 11.7. The first-order valence-corrected chi connectivity index (χ1v) is 8.28. The van der Waals surface area contributed by atoms with Gasteiger partial charge in [-0.05, 0) is 61.7 Å². The van der Waals surface area contributed by atoms with Crippen molar-refractivity contribution in [1.82, 2.24) is 10.2 Å². The summed E-state index contributed by atoms with van der Waals surface area (Å²) in [6.45, 7) is 8.85. The van der Waals surface area contributed by atoms with Crippen molar-refractivity contribution in [3.63, 3.8) is 0 Å². The summed E-state index contributed by atoms with van der Waals surface area (Å²) >= 11 is 4.87. The van der Waals surface area contributed by atoms with Crippen LogP contribution in [-0.4, -0.2) is 35.5 Å². The van der Waals surface area contributed by atoms with Crippen LogP contribution in [0.5, 0.6) is 0 Å². The highest BCUT2D eigenvalue weighted by atomic mass is 79.9. The maximum atomic E-state index is 12.1. The monoisotopic (exact) mass is 344 g/mol. The van der Waals surface area contributed by atoms with E-state index in [2.05, 4.69) is 46.9 Å². The van der Waals surface area contributed by atoms with E-state index in [1.807, 2.05) is 12.1 Å². The van der Waals surface area contributed by atoms with Crippen molar-refractivity contribution in [2.24, 2.45) is 0 Å². The van der Waals surface area contributed by atoms with Crippen LogP contribution < -0.4 is 5.32 Å². The van der Waals surface area contributed by atoms with Crippen molar-refractivity contribution in [3.05, 3.63) is 20.8 Å². The molecule has 0 aromatic carbocycles. The van der Waals surface area contributed by atoms with Gasteiger partial charge in [-0.1, -0.05) is 0 Å². The van der Waals surface area contributed by atoms with Crippen molar-refractivity contribution in [2.45, 2.75) is 45.2 Å². The molecule has 0 saturated carbocycles. The molecule has 1 aliphatic rings. The maximum absolute atomic E-state index is 12.1. The summed E-state index contributed by atoms with van der Waals surface area (Å²) in [5.74, 6) is 0.0601. The molecule has 5 heteroatoms. The zero-order valence-corrected chi connectivity index (χ0v) is 14.1. The van der Waals surface area contributed by atoms with Gasteiger partial charge in [0.05, 0.1) is 8.66 Å². The molecule has 1 aromatic rings. The number of hydrogen-bond acceptors (Lipinski definition) is 3. The molecule has 1 saturated heterocycles. The lowest BCUT2D eigenvalue weighted by Crippen LogP contribution is -2.50. The molecule has 1 amide bonds. The van der Waals surface area contributed by atoms with Crippen LogP contribution in [0, 0.1) is 0 Å². The van der Waals surface area contributed by atoms with Crippen molar-refractivity contribution < 1.29 is 4.79 Å². The van der Waals surface area contributed by atoms with Gasteiger partial charge in [0.1, 0.15) is 0 Å². The summed E-state index contributed by atoms with van der Waals surface area (Å²) in [5.41, 5.74) is 0.230. The van der Waals surface area contributed by atoms with Crippen LogP contribution in [0.2, 0.25) is 0 Å². The van der Waals surface area contributed by atoms with Crippen LogP contribution in [0.3, 0.4) is 0 Å². The highest BCUT2D eigenvalue weighted by Crippen LogP contribution is 2.23. The average molecular weight is 345 g/mol. The number of amides is 1. The van der Waals surface area contributed by atoms with Crippen LogP contribution in [0.4, 0.5) is 0 Å². The fourth-order valence-electron chi connectivity index (χ4n) is 2.39. The van der Waals surface area contributed by atoms with Crippen LogP contribution in [-0.2, 0) is 0 Å². The third kappa shape index (κ3) is 4.04. The van der Waals surface area contributed by atoms with Crippen molar-refractivity contribution in [2.75, 3.05) is 13.1 Å². The highest BCUT2D eigenvalue weighted by Gasteiger charge is 2.27. The summed E-state index contributed by atoms with van der Waals surface area (Å²) in [4.78, 5) is 15.3. The minimum atomic E-state index is 0.0601. The molecule has 0 aliphatic carbocycles. The van der Waals surface area contributed by atoms with Gasteiger partial charge in [-0.15, -0.1) is 11.3 Å². The Kier molecular flexibility index (Phi) is 4.69. The van der Waals surface area contributed by atoms with E-state index < -0.39 is 0 Å². The molecule has 1 N–H and O–H groups in total. The van der Waals surface area contributed by atoms with Gasteiger partial charge in [-0.25, -0.2) is 0 Å². The molecule has 1 aliphatic heterocycles. The molecular weight excluding hydrogens is 324 g/mol. The van der Waals surface area contributed by atoms with Crippen molar-refractivity contribution >= 4 is 33.2 Å². The Morgan fingerprint density at radius 2 is 2.00 bits per heavy atom. The molecule has 0 atom stereocenters. The lowest BCUT2D eigenvalue weighted by atomic mass is 9.98. The van der Waals surface area contributed by atoms with Crippen LogP contribution in [0.1, 0.15) is 43.3 Å². The van der Waals surface area contributed by atoms with Gasteiger partial charge in [0.2, 0.25) is 0 Å². The van der Waals surface area contributed by atoms with Crippen LogP contribution in [0.25, 0.3) is 0 Å². The fourth-order valence-corrected chi connectivity index (χ4v) is 3.68. The number of hydrogen-bond donors (Lipinski definition) is 1. The first-order valence-electron chi connectivity index (χ1n) is 6.67. The van der Waals surface area contributed by atoms with Gasteiger partial charge in [-0.3, -0.25) is 9.69 Å². The number of halogens is 1. The Bertz CT molecular complexity index is 445. The summed E-state index contributed by atoms with van der Waals surface area (Å²) in [7, 11) is 0. The Balaban J connectivity index is 1.84. The molecule has 1 fully saturated rings. The number of carbonyl (C=O) groups excluding carboxylic acids is 1. The summed E-state index contributed by atoms with van der Waals surface area (Å²) in [5, 5.41) is 3.14. The molecule has 0 unspecified atom stereocenters. The van der Waals surface area contributed by atoms with E-state index in [0.717, 1.165) is 34.6 Å². The van der Waals surface area contributed by atoms with Crippen LogP contribution >= 0.6 is 27.3 Å². The van der Waals surface area contributed by atoms with E-state index in [1.165, 1.54) is 11.3 Å². The van der Waals surface area contributed by atoms with Gasteiger partial charge in [-0.2, -0.15) is 0 Å². The lowest BCUT2D eigenvalue weighted by molar-refractivity contribution is 0.0815. The third-order valence-corrected chi connectivity index (χ3v) is 5.20. The molecule has 2 heterocycles. The number of thiophene rings is 1. The van der Waals surface area contributed by atoms with E-state index in [-0.39, 0.29) is 11.4 Å². The van der Waals surface area contributed by atoms with Crippen LogP contribution in [0.15, 0.2) is 15.9 Å². The standard InChI is InChI=1S/C14H21BrN2OS/c1-14(2,3)17-8-6-10(7-9-17)16-13(18)11-4-5-12(15)19-11/h4-5,10H,6-9H2,1-3H3,(H,16,18). The topological polar surface area (TPSA) is 32.3 Å². The van der Waals surface area contributed by atoms with Gasteiger partial charge in [0.25, 0.3) is 5.91 Å². The molecule has 0 radical (unpaired) electrons. The summed E-state index contributed by atoms with van der Waals surface area (Å²) in [6, 6.07) is 4.10. The zero-order chi connectivity index (χ0) is 14.0. The van der Waals surface area contributed by atoms with E-state index in [1.54, 1.807) is 0 Å². The number of likely N-dealkylation sites (tertiary alicyclic amines) is 1. The van der Waals surface area contributed by atoms with Gasteiger partial charge in [0.15, 0.2) is 0 Å². The van der Waals surface area contributed by atoms with E-state index in [9.17, 15) is 4.79 Å². The summed E-state index contributed by atoms with van der Waals surface area (Å²) < 4.78 is 1.00. The lowest BCUT2D eigenvalue weighted by Gasteiger charge is -2.41. The number of rotatable bonds is 2. The average Bonchev–Trinajstić information content (AvgIpc) is 2.75. The summed E-state index contributed by atoms with van der Waals surface area (Å²) in [6.07, 6.45) is 2.07. The second-order valence-electron chi connectivity index (χ2n) is 6.01. The van der Waals surface area contributed by atoms with E-state index >= 15 is 0 Å². The highest BCUT2D eigenvalue weighted by molar-refractivity contribution is 9.11. The molecule has 0 spiro atoms. The third-order valence-electron chi connectivity index (χ3n) is 3.58. The molecular formula is C14H21BrN2OS. The van der Waals surface area contributed by atoms with Gasteiger partial charge in [0, 0.05) is 24.7 Å². The number of carbonyl (C=O) groups is 1. The minimum Gasteiger partial charge on any atom is -0.349 e. The van der Waals surface area contributed by atoms with Crippen molar-refractivity contribution in [1.29, 1.82) is 0 Å². The Labute approximate surface area is 127 Å². The van der Waals surface area contributed by atoms with Gasteiger partial charge < -0.3 is 5.32 Å². The van der Waals surface area contributed by atoms with Gasteiger partial charge >= 0.3 is 0 Å². The first kappa shape index (κ1) is 15.0. The second-order valence-corrected chi connectivity index (χ2v) is 8.47. The SMILES string of the molecule is CC(C)(C)N1CCC(NC(=O)c2ccc(Br)s2)CC1. The maximum Gasteiger partial charge on any atom is 0.261 e. The molecule has 2 rings (SSSR count). The molecule has 19 heavy (non-hydrogen) atoms. The first-order chi connectivity index (χ1) is 8.86. The Hall–Kier alpha value is -0.390. The number of piperidine rings is 1. The normalized spacial score (nSPS) is 18.5.